The predicted molar refractivity (Wildman–Crippen MR) is 103 cm³/mol. The number of hydrogen-bond acceptors (Lipinski definition) is 4. The molecule has 1 aromatic carbocycles. The summed E-state index contributed by atoms with van der Waals surface area (Å²) in [4.78, 5) is 39.0. The minimum atomic E-state index is -0.349. The average Bonchev–Trinajstić information content (AvgIpc) is 2.68. The standard InChI is InChI=1S/C19H26ClN3O4/c1-2-27-19(26)23-12-10-22(11-13-23)18(25)14-21-17(24)5-3-4-15-6-8-16(20)9-7-15/h6-9H,2-5,10-14H2,1H3,(H,21,24). The number of halogens is 1. The molecule has 1 fully saturated rings. The van der Waals surface area contributed by atoms with Gasteiger partial charge in [-0.25, -0.2) is 4.79 Å². The maximum atomic E-state index is 12.2. The van der Waals surface area contributed by atoms with Crippen LogP contribution in [-0.4, -0.2) is 67.0 Å². The van der Waals surface area contributed by atoms with E-state index >= 15 is 0 Å². The number of ether oxygens (including phenoxy) is 1. The van der Waals surface area contributed by atoms with Crippen LogP contribution >= 0.6 is 11.6 Å². The molecule has 0 bridgehead atoms. The van der Waals surface area contributed by atoms with Crippen molar-refractivity contribution in [2.45, 2.75) is 26.2 Å². The molecule has 0 unspecified atom stereocenters. The second-order valence-corrected chi connectivity index (χ2v) is 6.76. The normalized spacial score (nSPS) is 14.0. The number of nitrogens with zero attached hydrogens (tertiary/aromatic N) is 2. The van der Waals surface area contributed by atoms with Gasteiger partial charge in [0.05, 0.1) is 13.2 Å². The molecule has 1 saturated heterocycles. The molecule has 0 spiro atoms. The fourth-order valence-corrected chi connectivity index (χ4v) is 2.96. The predicted octanol–water partition coefficient (Wildman–Crippen LogP) is 2.08. The van der Waals surface area contributed by atoms with Gasteiger partial charge in [0.1, 0.15) is 0 Å². The summed E-state index contributed by atoms with van der Waals surface area (Å²) in [5.74, 6) is -0.271. The first-order valence-corrected chi connectivity index (χ1v) is 9.58. The van der Waals surface area contributed by atoms with Crippen molar-refractivity contribution in [3.05, 3.63) is 34.9 Å². The van der Waals surface area contributed by atoms with Crippen LogP contribution in [-0.2, 0) is 20.7 Å². The minimum Gasteiger partial charge on any atom is -0.450 e. The number of piperazine rings is 1. The summed E-state index contributed by atoms with van der Waals surface area (Å²) < 4.78 is 4.95. The molecular weight excluding hydrogens is 370 g/mol. The van der Waals surface area contributed by atoms with Gasteiger partial charge >= 0.3 is 6.09 Å². The molecule has 27 heavy (non-hydrogen) atoms. The van der Waals surface area contributed by atoms with Crippen LogP contribution in [0.15, 0.2) is 24.3 Å². The lowest BCUT2D eigenvalue weighted by molar-refractivity contribution is -0.134. The quantitative estimate of drug-likeness (QED) is 0.766. The Bertz CT molecular complexity index is 643. The molecule has 7 nitrogen and oxygen atoms in total. The summed E-state index contributed by atoms with van der Waals surface area (Å²) in [6.45, 7) is 3.87. The van der Waals surface area contributed by atoms with Gasteiger partial charge in [-0.2, -0.15) is 0 Å². The highest BCUT2D eigenvalue weighted by atomic mass is 35.5. The molecule has 1 aliphatic heterocycles. The molecule has 1 N–H and O–H groups in total. The van der Waals surface area contributed by atoms with Crippen LogP contribution in [0.5, 0.6) is 0 Å². The van der Waals surface area contributed by atoms with E-state index in [1.54, 1.807) is 16.7 Å². The molecule has 0 aliphatic carbocycles. The lowest BCUT2D eigenvalue weighted by Crippen LogP contribution is -2.52. The van der Waals surface area contributed by atoms with Gasteiger partial charge in [0.2, 0.25) is 11.8 Å². The average molecular weight is 396 g/mol. The van der Waals surface area contributed by atoms with E-state index < -0.39 is 0 Å². The summed E-state index contributed by atoms with van der Waals surface area (Å²) in [5, 5.41) is 3.37. The van der Waals surface area contributed by atoms with Gasteiger partial charge in [-0.05, 0) is 37.5 Å². The molecule has 0 saturated carbocycles. The molecule has 0 radical (unpaired) electrons. The minimum absolute atomic E-state index is 0.0147. The van der Waals surface area contributed by atoms with E-state index in [0.717, 1.165) is 12.0 Å². The van der Waals surface area contributed by atoms with Gasteiger partial charge in [-0.15, -0.1) is 0 Å². The van der Waals surface area contributed by atoms with Crippen molar-refractivity contribution in [1.82, 2.24) is 15.1 Å². The molecular formula is C19H26ClN3O4. The van der Waals surface area contributed by atoms with Crippen molar-refractivity contribution in [3.63, 3.8) is 0 Å². The fourth-order valence-electron chi connectivity index (χ4n) is 2.83. The highest BCUT2D eigenvalue weighted by Crippen LogP contribution is 2.11. The second-order valence-electron chi connectivity index (χ2n) is 6.32. The molecule has 148 valence electrons. The molecule has 0 aromatic heterocycles. The van der Waals surface area contributed by atoms with Crippen molar-refractivity contribution < 1.29 is 19.1 Å². The van der Waals surface area contributed by atoms with Crippen molar-refractivity contribution in [1.29, 1.82) is 0 Å². The van der Waals surface area contributed by atoms with E-state index in [0.29, 0.717) is 50.7 Å². The smallest absolute Gasteiger partial charge is 0.409 e. The van der Waals surface area contributed by atoms with Crippen molar-refractivity contribution in [2.75, 3.05) is 39.3 Å². The van der Waals surface area contributed by atoms with Crippen LogP contribution in [0.1, 0.15) is 25.3 Å². The third-order valence-corrected chi connectivity index (χ3v) is 4.63. The summed E-state index contributed by atoms with van der Waals surface area (Å²) in [7, 11) is 0. The Morgan fingerprint density at radius 2 is 1.70 bits per heavy atom. The maximum absolute atomic E-state index is 12.2. The fraction of sp³-hybridized carbons (Fsp3) is 0.526. The van der Waals surface area contributed by atoms with E-state index in [1.165, 1.54) is 0 Å². The molecule has 1 heterocycles. The van der Waals surface area contributed by atoms with E-state index in [2.05, 4.69) is 5.32 Å². The van der Waals surface area contributed by atoms with E-state index in [1.807, 2.05) is 24.3 Å². The van der Waals surface area contributed by atoms with E-state index in [9.17, 15) is 14.4 Å². The molecule has 8 heteroatoms. The van der Waals surface area contributed by atoms with Gasteiger partial charge in [0.15, 0.2) is 0 Å². The van der Waals surface area contributed by atoms with Gasteiger partial charge in [-0.1, -0.05) is 23.7 Å². The molecule has 2 rings (SSSR count). The molecule has 1 aliphatic rings. The zero-order valence-electron chi connectivity index (χ0n) is 15.6. The highest BCUT2D eigenvalue weighted by molar-refractivity contribution is 6.30. The first-order valence-electron chi connectivity index (χ1n) is 9.20. The van der Waals surface area contributed by atoms with E-state index in [-0.39, 0.29) is 24.5 Å². The largest absolute Gasteiger partial charge is 0.450 e. The lowest BCUT2D eigenvalue weighted by atomic mass is 10.1. The van der Waals surface area contributed by atoms with Crippen LogP contribution < -0.4 is 5.32 Å². The maximum Gasteiger partial charge on any atom is 0.409 e. The number of carbonyl (C=O) groups is 3. The van der Waals surface area contributed by atoms with Gasteiger partial charge < -0.3 is 19.9 Å². The van der Waals surface area contributed by atoms with Crippen molar-refractivity contribution in [3.8, 4) is 0 Å². The number of carbonyl (C=O) groups excluding carboxylic acids is 3. The highest BCUT2D eigenvalue weighted by Gasteiger charge is 2.24. The van der Waals surface area contributed by atoms with Crippen LogP contribution in [0.4, 0.5) is 4.79 Å². The second kappa shape index (κ2) is 10.8. The first-order chi connectivity index (χ1) is 13.0. The van der Waals surface area contributed by atoms with Crippen LogP contribution in [0, 0.1) is 0 Å². The van der Waals surface area contributed by atoms with Gasteiger partial charge in [0.25, 0.3) is 0 Å². The molecule has 0 atom stereocenters. The molecule has 3 amide bonds. The third-order valence-electron chi connectivity index (χ3n) is 4.38. The van der Waals surface area contributed by atoms with Gasteiger partial charge in [0, 0.05) is 37.6 Å². The Balaban J connectivity index is 1.61. The van der Waals surface area contributed by atoms with Crippen LogP contribution in [0.25, 0.3) is 0 Å². The van der Waals surface area contributed by atoms with E-state index in [4.69, 9.17) is 16.3 Å². The Morgan fingerprint density at radius 3 is 2.33 bits per heavy atom. The molecule has 1 aromatic rings. The number of nitrogens with one attached hydrogen (secondary N) is 1. The Hall–Kier alpha value is -2.28. The Morgan fingerprint density at radius 1 is 1.07 bits per heavy atom. The number of aryl methyl sites for hydroxylation is 1. The lowest BCUT2D eigenvalue weighted by Gasteiger charge is -2.34. The van der Waals surface area contributed by atoms with Crippen molar-refractivity contribution in [2.24, 2.45) is 0 Å². The van der Waals surface area contributed by atoms with Crippen LogP contribution in [0.2, 0.25) is 5.02 Å². The Labute approximate surface area is 164 Å². The first kappa shape index (κ1) is 21.0. The number of rotatable bonds is 7. The zero-order chi connectivity index (χ0) is 19.6. The Kier molecular flexibility index (Phi) is 8.39. The zero-order valence-corrected chi connectivity index (χ0v) is 16.3. The summed E-state index contributed by atoms with van der Waals surface area (Å²) in [6, 6.07) is 7.55. The number of amides is 3. The monoisotopic (exact) mass is 395 g/mol. The van der Waals surface area contributed by atoms with Crippen molar-refractivity contribution >= 4 is 29.5 Å². The summed E-state index contributed by atoms with van der Waals surface area (Å²) in [5.41, 5.74) is 1.13. The van der Waals surface area contributed by atoms with Crippen LogP contribution in [0.3, 0.4) is 0 Å². The topological polar surface area (TPSA) is 79.0 Å². The SMILES string of the molecule is CCOC(=O)N1CCN(C(=O)CNC(=O)CCCc2ccc(Cl)cc2)CC1. The summed E-state index contributed by atoms with van der Waals surface area (Å²) in [6.07, 6.45) is 1.51. The number of hydrogen-bond donors (Lipinski definition) is 1. The summed E-state index contributed by atoms with van der Waals surface area (Å²) >= 11 is 5.84. The van der Waals surface area contributed by atoms with Gasteiger partial charge in [-0.3, -0.25) is 9.59 Å². The third kappa shape index (κ3) is 7.09. The number of benzene rings is 1.